The molecule has 0 radical (unpaired) electrons. The van der Waals surface area contributed by atoms with Crippen molar-refractivity contribution in [2.24, 2.45) is 5.92 Å². The second-order valence-electron chi connectivity index (χ2n) is 3.30. The number of esters is 1. The topological polar surface area (TPSA) is 46.5 Å². The SMILES string of the molecule is COC(=O)[C@@](O)(P)C1CCCC1. The van der Waals surface area contributed by atoms with Crippen LogP contribution in [0.1, 0.15) is 25.7 Å². The standard InChI is InChI=1S/C8H15O3P/c1-11-7(9)8(10,12)6-4-2-3-5-6/h6,10H,2-5,12H2,1H3/t8-/m0/s1. The molecule has 0 heterocycles. The lowest BCUT2D eigenvalue weighted by atomic mass is 10.0. The minimum Gasteiger partial charge on any atom is -0.467 e. The zero-order chi connectivity index (χ0) is 9.19. The first-order chi connectivity index (χ1) is 5.59. The van der Waals surface area contributed by atoms with Gasteiger partial charge in [0.1, 0.15) is 0 Å². The van der Waals surface area contributed by atoms with Gasteiger partial charge in [0.25, 0.3) is 0 Å². The van der Waals surface area contributed by atoms with Gasteiger partial charge in [-0.15, -0.1) is 0 Å². The molecule has 0 aliphatic heterocycles. The Balaban J connectivity index is 2.62. The Morgan fingerprint density at radius 3 is 2.50 bits per heavy atom. The van der Waals surface area contributed by atoms with Crippen molar-refractivity contribution in [1.29, 1.82) is 0 Å². The van der Waals surface area contributed by atoms with Crippen molar-refractivity contribution >= 4 is 15.2 Å². The molecule has 0 aromatic rings. The molecular formula is C8H15O3P. The third-order valence-corrected chi connectivity index (χ3v) is 3.20. The van der Waals surface area contributed by atoms with E-state index >= 15 is 0 Å². The van der Waals surface area contributed by atoms with Crippen LogP contribution in [0.4, 0.5) is 0 Å². The Kier molecular flexibility index (Phi) is 3.08. The zero-order valence-corrected chi connectivity index (χ0v) is 8.40. The lowest BCUT2D eigenvalue weighted by molar-refractivity contribution is -0.157. The summed E-state index contributed by atoms with van der Waals surface area (Å²) in [6.07, 6.45) is 4.01. The van der Waals surface area contributed by atoms with Crippen LogP contribution in [0, 0.1) is 5.92 Å². The molecule has 70 valence electrons. The Morgan fingerprint density at radius 2 is 2.08 bits per heavy atom. The Morgan fingerprint density at radius 1 is 1.58 bits per heavy atom. The van der Waals surface area contributed by atoms with Crippen LogP contribution in [0.15, 0.2) is 0 Å². The van der Waals surface area contributed by atoms with E-state index in [1.807, 2.05) is 0 Å². The van der Waals surface area contributed by atoms with Crippen molar-refractivity contribution in [3.8, 4) is 0 Å². The fraction of sp³-hybridized carbons (Fsp3) is 0.875. The largest absolute Gasteiger partial charge is 0.467 e. The quantitative estimate of drug-likeness (QED) is 0.520. The maximum Gasteiger partial charge on any atom is 0.341 e. The van der Waals surface area contributed by atoms with Gasteiger partial charge >= 0.3 is 5.97 Å². The molecule has 1 saturated carbocycles. The lowest BCUT2D eigenvalue weighted by Crippen LogP contribution is -2.39. The molecule has 1 N–H and O–H groups in total. The predicted molar refractivity (Wildman–Crippen MR) is 48.6 cm³/mol. The highest BCUT2D eigenvalue weighted by molar-refractivity contribution is 7.20. The van der Waals surface area contributed by atoms with Gasteiger partial charge in [0.2, 0.25) is 0 Å². The summed E-state index contributed by atoms with van der Waals surface area (Å²) in [5.74, 6) is -0.491. The van der Waals surface area contributed by atoms with E-state index in [4.69, 9.17) is 0 Å². The number of hydrogen-bond acceptors (Lipinski definition) is 3. The van der Waals surface area contributed by atoms with Gasteiger partial charge in [-0.2, -0.15) is 0 Å². The summed E-state index contributed by atoms with van der Waals surface area (Å²) in [6.45, 7) is 0. The zero-order valence-electron chi connectivity index (χ0n) is 7.25. The molecule has 2 atom stereocenters. The van der Waals surface area contributed by atoms with E-state index in [9.17, 15) is 9.90 Å². The Hall–Kier alpha value is -0.140. The van der Waals surface area contributed by atoms with Crippen LogP contribution in [0.3, 0.4) is 0 Å². The first-order valence-electron chi connectivity index (χ1n) is 4.18. The molecule has 1 aliphatic rings. The molecule has 0 bridgehead atoms. The number of aliphatic hydroxyl groups is 1. The van der Waals surface area contributed by atoms with Crippen molar-refractivity contribution in [2.75, 3.05) is 7.11 Å². The molecule has 1 aliphatic carbocycles. The molecule has 1 unspecified atom stereocenters. The first kappa shape index (κ1) is 9.94. The monoisotopic (exact) mass is 190 g/mol. The summed E-state index contributed by atoms with van der Waals surface area (Å²) >= 11 is 0. The summed E-state index contributed by atoms with van der Waals surface area (Å²) in [5, 5.41) is 8.42. The van der Waals surface area contributed by atoms with Gasteiger partial charge < -0.3 is 9.84 Å². The molecule has 3 nitrogen and oxygen atoms in total. The van der Waals surface area contributed by atoms with E-state index in [1.165, 1.54) is 7.11 Å². The number of methoxy groups -OCH3 is 1. The van der Waals surface area contributed by atoms with Crippen LogP contribution in [0.2, 0.25) is 0 Å². The Bertz CT molecular complexity index is 173. The fourth-order valence-corrected chi connectivity index (χ4v) is 2.15. The fourth-order valence-electron chi connectivity index (χ4n) is 1.70. The highest BCUT2D eigenvalue weighted by Gasteiger charge is 2.41. The van der Waals surface area contributed by atoms with Gasteiger partial charge in [0.15, 0.2) is 5.34 Å². The average Bonchev–Trinajstić information content (AvgIpc) is 2.55. The third kappa shape index (κ3) is 1.78. The van der Waals surface area contributed by atoms with Crippen molar-refractivity contribution in [3.05, 3.63) is 0 Å². The summed E-state index contributed by atoms with van der Waals surface area (Å²) in [5.41, 5.74) is 0. The molecule has 1 fully saturated rings. The minimum absolute atomic E-state index is 0.0509. The predicted octanol–water partition coefficient (Wildman–Crippen LogP) is 0.913. The van der Waals surface area contributed by atoms with E-state index in [0.717, 1.165) is 25.7 Å². The molecule has 4 heteroatoms. The van der Waals surface area contributed by atoms with Crippen LogP contribution in [0.25, 0.3) is 0 Å². The van der Waals surface area contributed by atoms with E-state index in [1.54, 1.807) is 0 Å². The van der Waals surface area contributed by atoms with Gasteiger partial charge in [-0.25, -0.2) is 4.79 Å². The maximum absolute atomic E-state index is 11.1. The second kappa shape index (κ2) is 3.71. The van der Waals surface area contributed by atoms with Gasteiger partial charge in [-0.05, 0) is 12.8 Å². The van der Waals surface area contributed by atoms with E-state index in [2.05, 4.69) is 14.0 Å². The summed E-state index contributed by atoms with van der Waals surface area (Å²) in [7, 11) is 3.50. The van der Waals surface area contributed by atoms with Gasteiger partial charge in [-0.1, -0.05) is 22.1 Å². The van der Waals surface area contributed by atoms with Crippen LogP contribution in [-0.2, 0) is 9.53 Å². The van der Waals surface area contributed by atoms with Gasteiger partial charge in [0, 0.05) is 5.92 Å². The van der Waals surface area contributed by atoms with Crippen LogP contribution in [0.5, 0.6) is 0 Å². The van der Waals surface area contributed by atoms with E-state index < -0.39 is 11.3 Å². The number of hydrogen-bond donors (Lipinski definition) is 1. The number of carbonyl (C=O) groups is 1. The molecule has 12 heavy (non-hydrogen) atoms. The van der Waals surface area contributed by atoms with Crippen LogP contribution < -0.4 is 0 Å². The summed E-state index contributed by atoms with van der Waals surface area (Å²) in [4.78, 5) is 11.1. The van der Waals surface area contributed by atoms with E-state index in [0.29, 0.717) is 0 Å². The van der Waals surface area contributed by atoms with Crippen molar-refractivity contribution in [1.82, 2.24) is 0 Å². The molecular weight excluding hydrogens is 175 g/mol. The molecule has 1 rings (SSSR count). The third-order valence-electron chi connectivity index (χ3n) is 2.49. The normalized spacial score (nSPS) is 23.6. The molecule has 0 aromatic heterocycles. The van der Waals surface area contributed by atoms with Crippen molar-refractivity contribution < 1.29 is 14.6 Å². The molecule has 0 saturated heterocycles. The smallest absolute Gasteiger partial charge is 0.341 e. The van der Waals surface area contributed by atoms with E-state index in [-0.39, 0.29) is 5.92 Å². The highest BCUT2D eigenvalue weighted by Crippen LogP contribution is 2.38. The van der Waals surface area contributed by atoms with Gasteiger partial charge in [0.05, 0.1) is 7.11 Å². The van der Waals surface area contributed by atoms with Crippen LogP contribution in [-0.4, -0.2) is 23.5 Å². The van der Waals surface area contributed by atoms with Gasteiger partial charge in [-0.3, -0.25) is 0 Å². The molecule has 0 spiro atoms. The highest BCUT2D eigenvalue weighted by atomic mass is 31.0. The molecule has 0 amide bonds. The average molecular weight is 190 g/mol. The molecule has 0 aromatic carbocycles. The summed E-state index contributed by atoms with van der Waals surface area (Å²) < 4.78 is 4.52. The Labute approximate surface area is 74.7 Å². The van der Waals surface area contributed by atoms with Crippen molar-refractivity contribution in [3.63, 3.8) is 0 Å². The second-order valence-corrected chi connectivity index (χ2v) is 4.18. The maximum atomic E-state index is 11.1. The number of carbonyl (C=O) groups excluding carboxylic acids is 1. The van der Waals surface area contributed by atoms with Crippen LogP contribution >= 0.6 is 9.24 Å². The lowest BCUT2D eigenvalue weighted by Gasteiger charge is -2.26. The van der Waals surface area contributed by atoms with Crippen molar-refractivity contribution in [2.45, 2.75) is 31.0 Å². The number of ether oxygens (including phenoxy) is 1. The minimum atomic E-state index is -1.36. The number of rotatable bonds is 2. The summed E-state index contributed by atoms with van der Waals surface area (Å²) in [6, 6.07) is 0. The first-order valence-corrected chi connectivity index (χ1v) is 4.76.